The molecule has 0 aromatic carbocycles. The van der Waals surface area contributed by atoms with Crippen LogP contribution < -0.4 is 0 Å². The van der Waals surface area contributed by atoms with Gasteiger partial charge in [0.05, 0.1) is 18.0 Å². The minimum absolute atomic E-state index is 0.0488. The minimum atomic E-state index is -2.58. The smallest absolute Gasteiger partial charge is 0.508 e. The fourth-order valence-electron chi connectivity index (χ4n) is 0.396. The van der Waals surface area contributed by atoms with Crippen LogP contribution in [-0.4, -0.2) is 34.7 Å². The highest BCUT2D eigenvalue weighted by atomic mass is 32.2. The van der Waals surface area contributed by atoms with E-state index in [0.717, 1.165) is 0 Å². The molecule has 0 N–H and O–H groups in total. The first-order valence-corrected chi connectivity index (χ1v) is 4.29. The summed E-state index contributed by atoms with van der Waals surface area (Å²) in [6.07, 6.45) is 0.491. The summed E-state index contributed by atoms with van der Waals surface area (Å²) in [6, 6.07) is 0. The zero-order valence-electron chi connectivity index (χ0n) is 6.76. The van der Waals surface area contributed by atoms with Crippen LogP contribution in [0.3, 0.4) is 0 Å². The Morgan fingerprint density at radius 1 is 1.46 bits per heavy atom. The molecule has 0 heterocycles. The Kier molecular flexibility index (Phi) is 7.17. The molecule has 0 radical (unpaired) electrons. The predicted molar refractivity (Wildman–Crippen MR) is 42.4 cm³/mol. The molecule has 0 aliphatic heterocycles. The van der Waals surface area contributed by atoms with E-state index in [0.29, 0.717) is 0 Å². The van der Waals surface area contributed by atoms with Gasteiger partial charge in [-0.25, -0.2) is 9.00 Å². The molecule has 0 aromatic heterocycles. The normalized spacial score (nSPS) is 11.8. The Labute approximate surface area is 78.0 Å². The highest BCUT2D eigenvalue weighted by Crippen LogP contribution is 1.87. The maximum atomic E-state index is 10.5. The van der Waals surface area contributed by atoms with Crippen molar-refractivity contribution in [1.82, 2.24) is 0 Å². The van der Waals surface area contributed by atoms with Gasteiger partial charge in [0.25, 0.3) is 0 Å². The van der Waals surface area contributed by atoms with Crippen molar-refractivity contribution in [3.05, 3.63) is 12.7 Å². The Hall–Kier alpha value is -0.920. The summed E-state index contributed by atoms with van der Waals surface area (Å²) in [6.45, 7) is 2.96. The number of carbonyl (C=O) groups excluding carboxylic acids is 1. The summed E-state index contributed by atoms with van der Waals surface area (Å²) in [5.41, 5.74) is 0. The van der Waals surface area contributed by atoms with Crippen LogP contribution in [0.2, 0.25) is 0 Å². The van der Waals surface area contributed by atoms with Gasteiger partial charge in [-0.3, -0.25) is 4.18 Å². The molecule has 0 spiro atoms. The van der Waals surface area contributed by atoms with Gasteiger partial charge in [0, 0.05) is 0 Å². The van der Waals surface area contributed by atoms with E-state index in [1.54, 1.807) is 0 Å². The minimum Gasteiger partial charge on any atom is -0.750 e. The average molecular weight is 209 g/mol. The Morgan fingerprint density at radius 2 is 2.15 bits per heavy atom. The zero-order chi connectivity index (χ0) is 10.1. The molecule has 0 aliphatic carbocycles. The number of hydrogen-bond acceptors (Lipinski definition) is 6. The van der Waals surface area contributed by atoms with E-state index in [1.165, 1.54) is 6.08 Å². The molecule has 0 aromatic rings. The molecular weight excluding hydrogens is 200 g/mol. The van der Waals surface area contributed by atoms with E-state index in [1.807, 2.05) is 0 Å². The van der Waals surface area contributed by atoms with Crippen molar-refractivity contribution < 1.29 is 27.2 Å². The number of rotatable bonds is 6. The molecule has 76 valence electrons. The summed E-state index contributed by atoms with van der Waals surface area (Å²) in [4.78, 5) is 10.5. The fraction of sp³-hybridized carbons (Fsp3) is 0.500. The molecule has 0 bridgehead atoms. The summed E-state index contributed by atoms with van der Waals surface area (Å²) in [7, 11) is 0. The van der Waals surface area contributed by atoms with Gasteiger partial charge in [0.2, 0.25) is 0 Å². The van der Waals surface area contributed by atoms with E-state index in [-0.39, 0.29) is 19.8 Å². The largest absolute Gasteiger partial charge is 0.750 e. The monoisotopic (exact) mass is 209 g/mol. The first-order chi connectivity index (χ1) is 6.16. The fourth-order valence-corrected chi connectivity index (χ4v) is 0.600. The van der Waals surface area contributed by atoms with E-state index in [9.17, 15) is 13.6 Å². The molecule has 0 fully saturated rings. The third kappa shape index (κ3) is 8.99. The van der Waals surface area contributed by atoms with E-state index < -0.39 is 17.5 Å². The Bertz CT molecular complexity index is 192. The van der Waals surface area contributed by atoms with Crippen LogP contribution in [0, 0.1) is 0 Å². The van der Waals surface area contributed by atoms with Crippen LogP contribution in [0.1, 0.15) is 0 Å². The summed E-state index contributed by atoms with van der Waals surface area (Å²) in [5.74, 6) is 0. The molecule has 0 rings (SSSR count). The van der Waals surface area contributed by atoms with Gasteiger partial charge in [-0.15, -0.1) is 0 Å². The van der Waals surface area contributed by atoms with Gasteiger partial charge >= 0.3 is 6.16 Å². The third-order valence-electron chi connectivity index (χ3n) is 0.802. The van der Waals surface area contributed by atoms with E-state index >= 15 is 0 Å². The van der Waals surface area contributed by atoms with Crippen molar-refractivity contribution in [3.8, 4) is 0 Å². The van der Waals surface area contributed by atoms with Crippen molar-refractivity contribution in [2.45, 2.75) is 0 Å². The number of ether oxygens (including phenoxy) is 2. The predicted octanol–water partition coefficient (Wildman–Crippen LogP) is 0.136. The lowest BCUT2D eigenvalue weighted by Gasteiger charge is -2.06. The first-order valence-electron chi connectivity index (χ1n) is 3.29. The number of carbonyl (C=O) groups is 1. The SMILES string of the molecule is C=CCOC(=O)OCCOS(=O)[O-]. The second kappa shape index (κ2) is 7.71. The van der Waals surface area contributed by atoms with Crippen molar-refractivity contribution in [1.29, 1.82) is 0 Å². The lowest BCUT2D eigenvalue weighted by atomic mass is 10.7. The maximum Gasteiger partial charge on any atom is 0.508 e. The average Bonchev–Trinajstić information content (AvgIpc) is 2.08. The van der Waals surface area contributed by atoms with Crippen molar-refractivity contribution in [2.24, 2.45) is 0 Å². The molecule has 13 heavy (non-hydrogen) atoms. The van der Waals surface area contributed by atoms with Gasteiger partial charge < -0.3 is 14.0 Å². The molecule has 0 saturated heterocycles. The van der Waals surface area contributed by atoms with E-state index in [4.69, 9.17) is 0 Å². The van der Waals surface area contributed by atoms with Gasteiger partial charge in [-0.2, -0.15) is 0 Å². The summed E-state index contributed by atoms with van der Waals surface area (Å²) >= 11 is -2.58. The molecule has 1 atom stereocenters. The second-order valence-electron chi connectivity index (χ2n) is 1.72. The van der Waals surface area contributed by atoms with Crippen LogP contribution in [0.5, 0.6) is 0 Å². The quantitative estimate of drug-likeness (QED) is 0.267. The van der Waals surface area contributed by atoms with Crippen LogP contribution in [0.15, 0.2) is 12.7 Å². The lowest BCUT2D eigenvalue weighted by molar-refractivity contribution is 0.0535. The highest BCUT2D eigenvalue weighted by Gasteiger charge is 2.00. The van der Waals surface area contributed by atoms with Gasteiger partial charge in [0.1, 0.15) is 13.2 Å². The Balaban J connectivity index is 3.26. The van der Waals surface area contributed by atoms with Gasteiger partial charge in [-0.1, -0.05) is 12.7 Å². The molecule has 1 unspecified atom stereocenters. The third-order valence-corrected chi connectivity index (χ3v) is 1.16. The lowest BCUT2D eigenvalue weighted by Crippen LogP contribution is -2.12. The summed E-state index contributed by atoms with van der Waals surface area (Å²) in [5, 5.41) is 0. The van der Waals surface area contributed by atoms with Crippen LogP contribution in [0.25, 0.3) is 0 Å². The molecule has 0 saturated carbocycles. The maximum absolute atomic E-state index is 10.5. The summed E-state index contributed by atoms with van der Waals surface area (Å²) < 4.78 is 32.5. The molecular formula is C6H9O6S-. The molecule has 7 heteroatoms. The van der Waals surface area contributed by atoms with Gasteiger partial charge in [-0.05, 0) is 0 Å². The van der Waals surface area contributed by atoms with Crippen molar-refractivity contribution in [3.63, 3.8) is 0 Å². The molecule has 0 aliphatic rings. The zero-order valence-corrected chi connectivity index (χ0v) is 7.58. The Morgan fingerprint density at radius 3 is 2.69 bits per heavy atom. The van der Waals surface area contributed by atoms with Crippen LogP contribution >= 0.6 is 0 Å². The molecule has 6 nitrogen and oxygen atoms in total. The van der Waals surface area contributed by atoms with Crippen LogP contribution in [0.4, 0.5) is 4.79 Å². The first kappa shape index (κ1) is 12.1. The van der Waals surface area contributed by atoms with Crippen LogP contribution in [-0.2, 0) is 25.0 Å². The standard InChI is InChI=1S/C6H10O6S/c1-2-3-10-6(7)11-4-5-12-13(8)9/h2H,1,3-5H2,(H,8,9)/p-1. The van der Waals surface area contributed by atoms with Crippen molar-refractivity contribution >= 4 is 17.5 Å². The second-order valence-corrected chi connectivity index (χ2v) is 2.37. The topological polar surface area (TPSA) is 84.9 Å². The van der Waals surface area contributed by atoms with E-state index in [2.05, 4.69) is 20.2 Å². The number of hydrogen-bond donors (Lipinski definition) is 0. The highest BCUT2D eigenvalue weighted by molar-refractivity contribution is 7.74. The van der Waals surface area contributed by atoms with Gasteiger partial charge in [0.15, 0.2) is 0 Å². The van der Waals surface area contributed by atoms with Crippen molar-refractivity contribution in [2.75, 3.05) is 19.8 Å². The molecule has 0 amide bonds.